The van der Waals surface area contributed by atoms with Gasteiger partial charge in [0.2, 0.25) is 5.91 Å². The van der Waals surface area contributed by atoms with Crippen molar-refractivity contribution in [2.24, 2.45) is 17.8 Å². The molecule has 0 saturated heterocycles. The summed E-state index contributed by atoms with van der Waals surface area (Å²) in [5.74, 6) is 1.69. The van der Waals surface area contributed by atoms with Crippen molar-refractivity contribution in [2.75, 3.05) is 13.2 Å². The first kappa shape index (κ1) is 13.4. The molecule has 0 aliphatic heterocycles. The average Bonchev–Trinajstić information content (AvgIpc) is 2.97. The van der Waals surface area contributed by atoms with Crippen molar-refractivity contribution >= 4 is 11.9 Å². The van der Waals surface area contributed by atoms with Gasteiger partial charge in [-0.05, 0) is 44.4 Å². The Balaban J connectivity index is 1.59. The van der Waals surface area contributed by atoms with Crippen LogP contribution in [0.1, 0.15) is 45.4 Å². The van der Waals surface area contributed by atoms with Gasteiger partial charge in [0.1, 0.15) is 0 Å². The van der Waals surface area contributed by atoms with Crippen molar-refractivity contribution in [2.45, 2.75) is 45.4 Å². The van der Waals surface area contributed by atoms with Gasteiger partial charge in [0.15, 0.2) is 0 Å². The van der Waals surface area contributed by atoms with Crippen LogP contribution < -0.4 is 5.32 Å². The largest absolute Gasteiger partial charge is 0.466 e. The second kappa shape index (κ2) is 6.21. The van der Waals surface area contributed by atoms with Crippen LogP contribution in [0.3, 0.4) is 0 Å². The van der Waals surface area contributed by atoms with Crippen LogP contribution in [0.25, 0.3) is 0 Å². The molecule has 102 valence electrons. The Morgan fingerprint density at radius 2 is 2.11 bits per heavy atom. The lowest BCUT2D eigenvalue weighted by Crippen LogP contribution is -2.34. The Morgan fingerprint density at radius 3 is 2.72 bits per heavy atom. The molecule has 0 heterocycles. The molecule has 2 aliphatic rings. The minimum Gasteiger partial charge on any atom is -0.466 e. The van der Waals surface area contributed by atoms with Crippen molar-refractivity contribution in [3.8, 4) is 0 Å². The molecular formula is C14H23NO3. The molecule has 0 radical (unpaired) electrons. The van der Waals surface area contributed by atoms with Gasteiger partial charge in [0.05, 0.1) is 6.61 Å². The molecule has 4 nitrogen and oxygen atoms in total. The molecule has 0 aromatic carbocycles. The Bertz CT molecular complexity index is 316. The Hall–Kier alpha value is -1.06. The van der Waals surface area contributed by atoms with Gasteiger partial charge in [0, 0.05) is 18.9 Å². The zero-order chi connectivity index (χ0) is 13.0. The fourth-order valence-electron chi connectivity index (χ4n) is 3.37. The van der Waals surface area contributed by atoms with Gasteiger partial charge in [-0.3, -0.25) is 9.59 Å². The van der Waals surface area contributed by atoms with Crippen LogP contribution in [0.15, 0.2) is 0 Å². The van der Waals surface area contributed by atoms with Crippen molar-refractivity contribution in [3.05, 3.63) is 0 Å². The number of rotatable bonds is 6. The highest BCUT2D eigenvalue weighted by atomic mass is 16.5. The quantitative estimate of drug-likeness (QED) is 0.581. The first-order valence-electron chi connectivity index (χ1n) is 7.14. The van der Waals surface area contributed by atoms with E-state index in [1.165, 1.54) is 19.3 Å². The summed E-state index contributed by atoms with van der Waals surface area (Å²) in [4.78, 5) is 23.1. The highest BCUT2D eigenvalue weighted by Gasteiger charge is 2.42. The van der Waals surface area contributed by atoms with Crippen LogP contribution in [0.5, 0.6) is 0 Å². The molecule has 2 saturated carbocycles. The van der Waals surface area contributed by atoms with Crippen molar-refractivity contribution in [1.82, 2.24) is 5.32 Å². The van der Waals surface area contributed by atoms with Crippen molar-refractivity contribution in [1.29, 1.82) is 0 Å². The van der Waals surface area contributed by atoms with E-state index in [1.54, 1.807) is 6.92 Å². The molecule has 0 aromatic rings. The normalized spacial score (nSPS) is 29.3. The molecule has 1 amide bonds. The van der Waals surface area contributed by atoms with Crippen LogP contribution in [0.4, 0.5) is 0 Å². The number of nitrogens with one attached hydrogen (secondary N) is 1. The smallest absolute Gasteiger partial charge is 0.305 e. The van der Waals surface area contributed by atoms with Gasteiger partial charge in [0.25, 0.3) is 0 Å². The topological polar surface area (TPSA) is 55.4 Å². The predicted molar refractivity (Wildman–Crippen MR) is 67.8 cm³/mol. The minimum absolute atomic E-state index is 0.174. The van der Waals surface area contributed by atoms with Crippen LogP contribution in [-0.2, 0) is 14.3 Å². The lowest BCUT2D eigenvalue weighted by molar-refractivity contribution is -0.143. The Kier molecular flexibility index (Phi) is 4.61. The van der Waals surface area contributed by atoms with Gasteiger partial charge < -0.3 is 10.1 Å². The van der Waals surface area contributed by atoms with Crippen molar-refractivity contribution < 1.29 is 14.3 Å². The summed E-state index contributed by atoms with van der Waals surface area (Å²) in [6.45, 7) is 2.82. The standard InChI is InChI=1S/C14H23NO3/c1-2-18-13(16)4-3-7-15-14(17)12-9-10-5-6-11(12)8-10/h10-12H,2-9H2,1H3,(H,15,17). The van der Waals surface area contributed by atoms with Gasteiger partial charge in [-0.15, -0.1) is 0 Å². The van der Waals surface area contributed by atoms with Gasteiger partial charge in [-0.1, -0.05) is 6.42 Å². The van der Waals surface area contributed by atoms with E-state index in [0.717, 1.165) is 12.3 Å². The number of hydrogen-bond acceptors (Lipinski definition) is 3. The molecule has 4 heteroatoms. The first-order chi connectivity index (χ1) is 8.70. The van der Waals surface area contributed by atoms with E-state index in [1.807, 2.05) is 0 Å². The maximum Gasteiger partial charge on any atom is 0.305 e. The maximum atomic E-state index is 12.0. The van der Waals surface area contributed by atoms with Crippen LogP contribution >= 0.6 is 0 Å². The Labute approximate surface area is 108 Å². The number of hydrogen-bond donors (Lipinski definition) is 1. The third-order valence-corrected chi connectivity index (χ3v) is 4.24. The predicted octanol–water partition coefficient (Wildman–Crippen LogP) is 1.88. The highest BCUT2D eigenvalue weighted by molar-refractivity contribution is 5.79. The third-order valence-electron chi connectivity index (χ3n) is 4.24. The van der Waals surface area contributed by atoms with E-state index in [9.17, 15) is 9.59 Å². The van der Waals surface area contributed by atoms with E-state index in [0.29, 0.717) is 31.9 Å². The molecule has 0 aromatic heterocycles. The van der Waals surface area contributed by atoms with E-state index in [2.05, 4.69) is 5.32 Å². The monoisotopic (exact) mass is 253 g/mol. The highest BCUT2D eigenvalue weighted by Crippen LogP contribution is 2.48. The molecule has 0 spiro atoms. The van der Waals surface area contributed by atoms with Crippen molar-refractivity contribution in [3.63, 3.8) is 0 Å². The van der Waals surface area contributed by atoms with Crippen LogP contribution in [0.2, 0.25) is 0 Å². The Morgan fingerprint density at radius 1 is 1.28 bits per heavy atom. The average molecular weight is 253 g/mol. The first-order valence-corrected chi connectivity index (χ1v) is 7.14. The molecule has 2 aliphatic carbocycles. The second-order valence-electron chi connectivity index (χ2n) is 5.48. The van der Waals surface area contributed by atoms with Crippen LogP contribution in [0, 0.1) is 17.8 Å². The van der Waals surface area contributed by atoms with Gasteiger partial charge in [-0.25, -0.2) is 0 Å². The molecule has 2 rings (SSSR count). The van der Waals surface area contributed by atoms with E-state index < -0.39 is 0 Å². The lowest BCUT2D eigenvalue weighted by atomic mass is 9.88. The number of carbonyl (C=O) groups is 2. The minimum atomic E-state index is -0.174. The summed E-state index contributed by atoms with van der Waals surface area (Å²) in [5.41, 5.74) is 0. The molecule has 18 heavy (non-hydrogen) atoms. The second-order valence-corrected chi connectivity index (χ2v) is 5.48. The third kappa shape index (κ3) is 3.24. The molecule has 3 atom stereocenters. The zero-order valence-electron chi connectivity index (χ0n) is 11.1. The number of carbonyl (C=O) groups excluding carboxylic acids is 2. The summed E-state index contributed by atoms with van der Waals surface area (Å²) < 4.78 is 4.84. The van der Waals surface area contributed by atoms with E-state index in [-0.39, 0.29) is 17.8 Å². The molecular weight excluding hydrogens is 230 g/mol. The molecule has 1 N–H and O–H groups in total. The zero-order valence-corrected chi connectivity index (χ0v) is 11.1. The van der Waals surface area contributed by atoms with Gasteiger partial charge >= 0.3 is 5.97 Å². The SMILES string of the molecule is CCOC(=O)CCCNC(=O)C1CC2CCC1C2. The molecule has 2 fully saturated rings. The van der Waals surface area contributed by atoms with Gasteiger partial charge in [-0.2, -0.15) is 0 Å². The van der Waals surface area contributed by atoms with E-state index in [4.69, 9.17) is 4.74 Å². The fourth-order valence-corrected chi connectivity index (χ4v) is 3.37. The number of ether oxygens (including phenoxy) is 1. The fraction of sp³-hybridized carbons (Fsp3) is 0.857. The molecule has 2 bridgehead atoms. The van der Waals surface area contributed by atoms with Crippen LogP contribution in [-0.4, -0.2) is 25.0 Å². The number of amides is 1. The maximum absolute atomic E-state index is 12.0. The molecule has 3 unspecified atom stereocenters. The van der Waals surface area contributed by atoms with E-state index >= 15 is 0 Å². The summed E-state index contributed by atoms with van der Waals surface area (Å²) >= 11 is 0. The summed E-state index contributed by atoms with van der Waals surface area (Å²) in [6.07, 6.45) is 5.94. The summed E-state index contributed by atoms with van der Waals surface area (Å²) in [5, 5.41) is 2.96. The summed E-state index contributed by atoms with van der Waals surface area (Å²) in [6, 6.07) is 0. The number of fused-ring (bicyclic) bond motifs is 2. The lowest BCUT2D eigenvalue weighted by Gasteiger charge is -2.20. The number of esters is 1. The summed E-state index contributed by atoms with van der Waals surface area (Å²) in [7, 11) is 0.